The zero-order valence-electron chi connectivity index (χ0n) is 24.4. The lowest BCUT2D eigenvalue weighted by molar-refractivity contribution is -0.543. The predicted octanol–water partition coefficient (Wildman–Crippen LogP) is 5.02. The van der Waals surface area contributed by atoms with Crippen molar-refractivity contribution in [1.82, 2.24) is 24.1 Å². The van der Waals surface area contributed by atoms with Gasteiger partial charge in [-0.1, -0.05) is 6.92 Å². The van der Waals surface area contributed by atoms with Crippen molar-refractivity contribution in [3.8, 4) is 11.5 Å². The molecule has 0 aliphatic carbocycles. The number of aliphatic hydroxyl groups excluding tert-OH is 1. The average Bonchev–Trinajstić information content (AvgIpc) is 3.61. The van der Waals surface area contributed by atoms with E-state index in [0.29, 0.717) is 25.3 Å². The third-order valence-corrected chi connectivity index (χ3v) is 7.83. The van der Waals surface area contributed by atoms with Crippen LogP contribution in [0.25, 0.3) is 16.6 Å². The number of carbonyl (C=O) groups is 1. The first-order chi connectivity index (χ1) is 20.7. The fourth-order valence-corrected chi connectivity index (χ4v) is 5.39. The van der Waals surface area contributed by atoms with Crippen molar-refractivity contribution in [2.24, 2.45) is 7.05 Å². The van der Waals surface area contributed by atoms with Crippen molar-refractivity contribution in [3.63, 3.8) is 0 Å². The second-order valence-electron chi connectivity index (χ2n) is 10.6. The Morgan fingerprint density at radius 3 is 2.77 bits per heavy atom. The molecule has 0 amide bonds. The first-order valence-corrected chi connectivity index (χ1v) is 14.0. The van der Waals surface area contributed by atoms with Crippen molar-refractivity contribution in [2.75, 3.05) is 23.3 Å². The number of hydrogen-bond donors (Lipinski definition) is 3. The van der Waals surface area contributed by atoms with Crippen LogP contribution in [-0.4, -0.2) is 70.3 Å². The van der Waals surface area contributed by atoms with E-state index in [0.717, 1.165) is 45.0 Å². The molecule has 0 radical (unpaired) electrons. The quantitative estimate of drug-likeness (QED) is 0.131. The molecular weight excluding hydrogens is 548 g/mol. The summed E-state index contributed by atoms with van der Waals surface area (Å²) < 4.78 is 11.6. The average molecular weight is 582 g/mol. The second kappa shape index (κ2) is 11.1. The van der Waals surface area contributed by atoms with E-state index < -0.39 is 5.97 Å². The third-order valence-electron chi connectivity index (χ3n) is 7.83. The monoisotopic (exact) mass is 581 g/mol. The summed E-state index contributed by atoms with van der Waals surface area (Å²) in [5.41, 5.74) is 5.36. The van der Waals surface area contributed by atoms with Crippen LogP contribution < -0.4 is 15.0 Å². The molecule has 1 unspecified atom stereocenters. The fraction of sp³-hybridized carbons (Fsp3) is 0.258. The number of hydrogen-bond acceptors (Lipinski definition) is 8. The normalized spacial score (nSPS) is 15.9. The fourth-order valence-electron chi connectivity index (χ4n) is 5.39. The van der Waals surface area contributed by atoms with E-state index in [4.69, 9.17) is 4.74 Å². The van der Waals surface area contributed by atoms with Crippen LogP contribution in [0.2, 0.25) is 0 Å². The Bertz CT molecular complexity index is 1920. The van der Waals surface area contributed by atoms with E-state index in [1.165, 1.54) is 13.3 Å². The summed E-state index contributed by atoms with van der Waals surface area (Å²) in [5, 5.41) is 27.8. The third kappa shape index (κ3) is 5.23. The molecule has 12 nitrogen and oxygen atoms in total. The summed E-state index contributed by atoms with van der Waals surface area (Å²) in [6, 6.07) is 13.6. The van der Waals surface area contributed by atoms with Gasteiger partial charge in [0, 0.05) is 31.4 Å². The molecule has 6 rings (SSSR count). The van der Waals surface area contributed by atoms with E-state index in [2.05, 4.69) is 25.3 Å². The zero-order chi connectivity index (χ0) is 30.2. The molecule has 5 aromatic rings. The number of ether oxygens (including phenoxy) is 1. The smallest absolute Gasteiger partial charge is 0.375 e. The summed E-state index contributed by atoms with van der Waals surface area (Å²) in [6.07, 6.45) is 7.71. The molecule has 4 heterocycles. The number of benzene rings is 2. The number of aromatic nitrogens is 5. The number of aliphatic carboxylic acids is 1. The highest BCUT2D eigenvalue weighted by Gasteiger charge is 2.34. The van der Waals surface area contributed by atoms with Crippen molar-refractivity contribution in [3.05, 3.63) is 78.3 Å². The number of imidazole rings is 1. The summed E-state index contributed by atoms with van der Waals surface area (Å²) in [6.45, 7) is 6.46. The molecule has 3 aromatic heterocycles. The maximum Gasteiger partial charge on any atom is 0.375 e. The van der Waals surface area contributed by atoms with Crippen molar-refractivity contribution in [2.45, 2.75) is 33.2 Å². The molecule has 3 N–H and O–H groups in total. The number of anilines is 3. The predicted molar refractivity (Wildman–Crippen MR) is 164 cm³/mol. The van der Waals surface area contributed by atoms with Crippen LogP contribution in [0.1, 0.15) is 25.8 Å². The highest BCUT2D eigenvalue weighted by molar-refractivity contribution is 5.88. The first-order valence-electron chi connectivity index (χ1n) is 14.0. The molecular formula is C31H33N8O4+. The van der Waals surface area contributed by atoms with Crippen LogP contribution in [0, 0.1) is 6.92 Å². The van der Waals surface area contributed by atoms with Gasteiger partial charge in [-0.25, -0.2) is 19.3 Å². The van der Waals surface area contributed by atoms with Gasteiger partial charge in [0.1, 0.15) is 28.9 Å². The first kappa shape index (κ1) is 27.8. The Morgan fingerprint density at radius 1 is 1.16 bits per heavy atom. The van der Waals surface area contributed by atoms with Gasteiger partial charge in [0.25, 0.3) is 0 Å². The minimum Gasteiger partial charge on any atom is -0.478 e. The number of fused-ring (bicyclic) bond motifs is 2. The second-order valence-corrected chi connectivity index (χ2v) is 10.6. The molecule has 0 bridgehead atoms. The Morgan fingerprint density at radius 2 is 2.00 bits per heavy atom. The Balaban J connectivity index is 1.25. The zero-order valence-corrected chi connectivity index (χ0v) is 24.4. The Labute approximate surface area is 247 Å². The molecule has 2 aromatic carbocycles. The van der Waals surface area contributed by atoms with Gasteiger partial charge in [0.05, 0.1) is 36.1 Å². The van der Waals surface area contributed by atoms with E-state index >= 15 is 0 Å². The summed E-state index contributed by atoms with van der Waals surface area (Å²) in [7, 11) is 1.96. The molecule has 1 aliphatic heterocycles. The van der Waals surface area contributed by atoms with Gasteiger partial charge in [0.15, 0.2) is 18.1 Å². The van der Waals surface area contributed by atoms with E-state index in [9.17, 15) is 15.0 Å². The number of carboxylic acids is 1. The Hall–Kier alpha value is -5.39. The molecule has 220 valence electrons. The highest BCUT2D eigenvalue weighted by atomic mass is 16.5. The minimum absolute atomic E-state index is 0.0849. The minimum atomic E-state index is -1.14. The van der Waals surface area contributed by atoms with Crippen LogP contribution in [0.3, 0.4) is 0 Å². The van der Waals surface area contributed by atoms with Crippen molar-refractivity contribution < 1.29 is 24.3 Å². The van der Waals surface area contributed by atoms with Gasteiger partial charge >= 0.3 is 11.9 Å². The maximum atomic E-state index is 11.4. The summed E-state index contributed by atoms with van der Waals surface area (Å²) in [5.74, 6) is 0.728. The van der Waals surface area contributed by atoms with E-state index in [-0.39, 0.29) is 17.5 Å². The van der Waals surface area contributed by atoms with Crippen LogP contribution in [0.4, 0.5) is 17.2 Å². The largest absolute Gasteiger partial charge is 0.478 e. The van der Waals surface area contributed by atoms with Gasteiger partial charge in [-0.3, -0.25) is 0 Å². The molecule has 0 spiro atoms. The van der Waals surface area contributed by atoms with Crippen LogP contribution in [-0.2, 0) is 11.8 Å². The van der Waals surface area contributed by atoms with Crippen molar-refractivity contribution >= 4 is 45.9 Å². The topological polar surface area (TPSA) is 133 Å². The molecule has 0 saturated carbocycles. The highest BCUT2D eigenvalue weighted by Crippen LogP contribution is 2.33. The number of nitrogens with one attached hydrogen (secondary N) is 1. The summed E-state index contributed by atoms with van der Waals surface area (Å²) in [4.78, 5) is 22.6. The lowest BCUT2D eigenvalue weighted by atomic mass is 10.1. The van der Waals surface area contributed by atoms with Gasteiger partial charge in [-0.05, 0) is 55.8 Å². The van der Waals surface area contributed by atoms with Gasteiger partial charge in [0.2, 0.25) is 0 Å². The molecule has 0 saturated heterocycles. The number of aliphatic hydroxyl groups is 1. The lowest BCUT2D eigenvalue weighted by Gasteiger charge is -2.29. The summed E-state index contributed by atoms with van der Waals surface area (Å²) >= 11 is 0. The van der Waals surface area contributed by atoms with Gasteiger partial charge in [-0.2, -0.15) is 9.67 Å². The lowest BCUT2D eigenvalue weighted by Crippen LogP contribution is -2.46. The van der Waals surface area contributed by atoms with Crippen LogP contribution >= 0.6 is 0 Å². The molecule has 1 atom stereocenters. The standard InChI is InChI=1S/C31H32N8O4/c1-5-22-16-37(12-13-38(22)30(40)20(3)31(41)42)26-10-11-39-28(26)29(32-17-34-39)35-21-6-9-27(19(2)14-21)43-23-7-8-25-24(15-23)33-18-36(25)4/h6-11,13-15,17-18,22H,5,12,16H2,1-4H3,(H2-,32,34,35,40,41,42)/p+1/b30-20+. The number of aryl methyl sites for hydroxylation is 2. The molecule has 12 heteroatoms. The SMILES string of the molecule is CCC1CN(c2ccn3ncnc(Nc4ccc(Oc5ccc6c(c5)ncn6C)c(C)c4)c23)CC=[N+]1/C(O)=C(/C)C(=O)O. The van der Waals surface area contributed by atoms with Crippen molar-refractivity contribution in [1.29, 1.82) is 0 Å². The van der Waals surface area contributed by atoms with E-state index in [1.54, 1.807) is 15.4 Å². The number of rotatable bonds is 8. The molecule has 43 heavy (non-hydrogen) atoms. The van der Waals surface area contributed by atoms with Crippen LogP contribution in [0.5, 0.6) is 11.5 Å². The van der Waals surface area contributed by atoms with Gasteiger partial charge < -0.3 is 29.7 Å². The number of carboxylic acid groups (broad SMARTS) is 1. The molecule has 1 aliphatic rings. The van der Waals surface area contributed by atoms with E-state index in [1.807, 2.05) is 80.3 Å². The molecule has 0 fully saturated rings. The number of nitrogens with zero attached hydrogens (tertiary/aromatic N) is 7. The van der Waals surface area contributed by atoms with Gasteiger partial charge in [-0.15, -0.1) is 0 Å². The Kier molecular flexibility index (Phi) is 7.18. The maximum absolute atomic E-state index is 11.4. The van der Waals surface area contributed by atoms with Crippen LogP contribution in [0.15, 0.2) is 72.8 Å².